The maximum absolute atomic E-state index is 11.2. The van der Waals surface area contributed by atoms with Gasteiger partial charge in [-0.3, -0.25) is 4.79 Å². The number of nitrogens with zero attached hydrogens (tertiary/aromatic N) is 4. The van der Waals surface area contributed by atoms with Gasteiger partial charge >= 0.3 is 0 Å². The Hall–Kier alpha value is -2.18. The molecule has 2 aromatic heterocycles. The highest BCUT2D eigenvalue weighted by Crippen LogP contribution is 2.34. The van der Waals surface area contributed by atoms with Crippen LogP contribution in [0.3, 0.4) is 0 Å². The molecule has 18 heavy (non-hydrogen) atoms. The molecule has 0 spiro atoms. The van der Waals surface area contributed by atoms with Crippen molar-refractivity contribution in [3.8, 4) is 0 Å². The summed E-state index contributed by atoms with van der Waals surface area (Å²) in [6.07, 6.45) is 3.50. The fourth-order valence-electron chi connectivity index (χ4n) is 2.05. The van der Waals surface area contributed by atoms with E-state index < -0.39 is 0 Å². The number of fused-ring (bicyclic) bond motifs is 1. The Morgan fingerprint density at radius 3 is 3.00 bits per heavy atom. The van der Waals surface area contributed by atoms with Crippen molar-refractivity contribution < 1.29 is 9.32 Å². The van der Waals surface area contributed by atoms with Crippen LogP contribution in [-0.4, -0.2) is 33.6 Å². The first-order valence-electron chi connectivity index (χ1n) is 5.78. The summed E-state index contributed by atoms with van der Waals surface area (Å²) in [6, 6.07) is 0.324. The van der Waals surface area contributed by atoms with Gasteiger partial charge in [-0.2, -0.15) is 4.98 Å². The molecule has 1 fully saturated rings. The number of amides is 1. The summed E-state index contributed by atoms with van der Waals surface area (Å²) in [4.78, 5) is 21.4. The molecule has 1 amide bonds. The Morgan fingerprint density at radius 2 is 2.33 bits per heavy atom. The van der Waals surface area contributed by atoms with Crippen LogP contribution in [0, 0.1) is 6.92 Å². The predicted molar refractivity (Wildman–Crippen MR) is 63.9 cm³/mol. The number of aryl methyl sites for hydroxylation is 1. The van der Waals surface area contributed by atoms with Crippen molar-refractivity contribution in [2.75, 3.05) is 11.4 Å². The van der Waals surface area contributed by atoms with E-state index in [0.29, 0.717) is 17.6 Å². The van der Waals surface area contributed by atoms with E-state index >= 15 is 0 Å². The second-order valence-corrected chi connectivity index (χ2v) is 4.47. The summed E-state index contributed by atoms with van der Waals surface area (Å²) >= 11 is 0. The van der Waals surface area contributed by atoms with Gasteiger partial charge in [0, 0.05) is 6.04 Å². The standard InChI is InChI=1S/C11H13N5O2/c1-6-9-10(13-5-14-11(9)18-15-6)16(4-8(12)17)7-2-3-7/h5,7H,2-4H2,1H3,(H2,12,17). The lowest BCUT2D eigenvalue weighted by Crippen LogP contribution is -2.36. The number of nitrogens with two attached hydrogens (primary N) is 1. The normalized spacial score (nSPS) is 14.9. The molecule has 0 aliphatic heterocycles. The third-order valence-corrected chi connectivity index (χ3v) is 3.01. The quantitative estimate of drug-likeness (QED) is 0.838. The number of hydrogen-bond donors (Lipinski definition) is 1. The molecule has 0 bridgehead atoms. The Balaban J connectivity index is 2.10. The molecule has 0 atom stereocenters. The minimum Gasteiger partial charge on any atom is -0.368 e. The van der Waals surface area contributed by atoms with Gasteiger partial charge in [-0.15, -0.1) is 0 Å². The summed E-state index contributed by atoms with van der Waals surface area (Å²) in [5.74, 6) is 0.308. The zero-order chi connectivity index (χ0) is 12.7. The number of hydrogen-bond acceptors (Lipinski definition) is 6. The summed E-state index contributed by atoms with van der Waals surface area (Å²) in [5, 5.41) is 4.63. The molecule has 1 aliphatic rings. The van der Waals surface area contributed by atoms with Gasteiger partial charge in [0.1, 0.15) is 17.5 Å². The molecule has 0 unspecified atom stereocenters. The molecular formula is C11H13N5O2. The van der Waals surface area contributed by atoms with Gasteiger partial charge in [0.25, 0.3) is 5.71 Å². The molecule has 2 aromatic rings. The van der Waals surface area contributed by atoms with Gasteiger partial charge in [-0.1, -0.05) is 5.16 Å². The second-order valence-electron chi connectivity index (χ2n) is 4.47. The van der Waals surface area contributed by atoms with Gasteiger partial charge in [0.2, 0.25) is 5.91 Å². The van der Waals surface area contributed by atoms with E-state index in [1.807, 2.05) is 11.8 Å². The van der Waals surface area contributed by atoms with Crippen molar-refractivity contribution in [2.45, 2.75) is 25.8 Å². The Morgan fingerprint density at radius 1 is 1.56 bits per heavy atom. The highest BCUT2D eigenvalue weighted by molar-refractivity contribution is 5.90. The van der Waals surface area contributed by atoms with Crippen LogP contribution in [0.15, 0.2) is 10.9 Å². The largest absolute Gasteiger partial charge is 0.368 e. The van der Waals surface area contributed by atoms with Crippen LogP contribution in [-0.2, 0) is 4.79 Å². The first-order valence-corrected chi connectivity index (χ1v) is 5.78. The van der Waals surface area contributed by atoms with Crippen molar-refractivity contribution in [3.63, 3.8) is 0 Å². The lowest BCUT2D eigenvalue weighted by molar-refractivity contribution is -0.116. The molecule has 94 valence electrons. The van der Waals surface area contributed by atoms with E-state index in [2.05, 4.69) is 15.1 Å². The van der Waals surface area contributed by atoms with Crippen molar-refractivity contribution in [3.05, 3.63) is 12.0 Å². The monoisotopic (exact) mass is 247 g/mol. The fourth-order valence-corrected chi connectivity index (χ4v) is 2.05. The molecule has 0 radical (unpaired) electrons. The van der Waals surface area contributed by atoms with Crippen molar-refractivity contribution in [1.82, 2.24) is 15.1 Å². The number of rotatable bonds is 4. The molecule has 1 saturated carbocycles. The van der Waals surface area contributed by atoms with Crippen LogP contribution in [0.1, 0.15) is 18.5 Å². The van der Waals surface area contributed by atoms with Gasteiger partial charge in [-0.25, -0.2) is 4.98 Å². The van der Waals surface area contributed by atoms with E-state index in [4.69, 9.17) is 10.3 Å². The highest BCUT2D eigenvalue weighted by atomic mass is 16.5. The van der Waals surface area contributed by atoms with Gasteiger partial charge < -0.3 is 15.2 Å². The van der Waals surface area contributed by atoms with E-state index in [1.165, 1.54) is 6.33 Å². The molecule has 2 heterocycles. The molecule has 2 N–H and O–H groups in total. The van der Waals surface area contributed by atoms with Crippen molar-refractivity contribution >= 4 is 22.8 Å². The van der Waals surface area contributed by atoms with Gasteiger partial charge in [0.15, 0.2) is 0 Å². The number of carbonyl (C=O) groups excluding carboxylic acids is 1. The van der Waals surface area contributed by atoms with Crippen LogP contribution in [0.25, 0.3) is 11.1 Å². The lowest BCUT2D eigenvalue weighted by atomic mass is 10.2. The van der Waals surface area contributed by atoms with E-state index in [0.717, 1.165) is 23.9 Å². The van der Waals surface area contributed by atoms with Crippen LogP contribution in [0.4, 0.5) is 5.82 Å². The number of primary amides is 1. The zero-order valence-corrected chi connectivity index (χ0v) is 9.96. The van der Waals surface area contributed by atoms with Crippen LogP contribution < -0.4 is 10.6 Å². The lowest BCUT2D eigenvalue weighted by Gasteiger charge is -2.21. The van der Waals surface area contributed by atoms with Crippen molar-refractivity contribution in [1.29, 1.82) is 0 Å². The van der Waals surface area contributed by atoms with Crippen LogP contribution in [0.2, 0.25) is 0 Å². The minimum absolute atomic E-state index is 0.154. The Labute approximate surface area is 103 Å². The smallest absolute Gasteiger partial charge is 0.263 e. The fraction of sp³-hybridized carbons (Fsp3) is 0.455. The zero-order valence-electron chi connectivity index (χ0n) is 9.96. The third-order valence-electron chi connectivity index (χ3n) is 3.01. The van der Waals surface area contributed by atoms with E-state index in [-0.39, 0.29) is 12.5 Å². The molecule has 3 rings (SSSR count). The van der Waals surface area contributed by atoms with E-state index in [1.54, 1.807) is 0 Å². The first-order chi connectivity index (χ1) is 8.66. The second kappa shape index (κ2) is 3.94. The third kappa shape index (κ3) is 1.77. The Bertz CT molecular complexity index is 604. The number of aromatic nitrogens is 3. The SMILES string of the molecule is Cc1noc2ncnc(N(CC(N)=O)C3CC3)c12. The average Bonchev–Trinajstić information content (AvgIpc) is 3.11. The molecule has 1 aliphatic carbocycles. The summed E-state index contributed by atoms with van der Waals surface area (Å²) < 4.78 is 5.10. The molecule has 0 aromatic carbocycles. The first kappa shape index (κ1) is 10.9. The number of carbonyl (C=O) groups is 1. The maximum Gasteiger partial charge on any atom is 0.263 e. The minimum atomic E-state index is -0.372. The topological polar surface area (TPSA) is 98.1 Å². The highest BCUT2D eigenvalue weighted by Gasteiger charge is 2.33. The molecule has 0 saturated heterocycles. The van der Waals surface area contributed by atoms with Crippen molar-refractivity contribution in [2.24, 2.45) is 5.73 Å². The van der Waals surface area contributed by atoms with Crippen LogP contribution >= 0.6 is 0 Å². The summed E-state index contributed by atoms with van der Waals surface area (Å²) in [6.45, 7) is 1.98. The summed E-state index contributed by atoms with van der Waals surface area (Å²) in [5.41, 5.74) is 6.45. The maximum atomic E-state index is 11.2. The molecule has 7 heteroatoms. The molecule has 7 nitrogen and oxygen atoms in total. The summed E-state index contributed by atoms with van der Waals surface area (Å²) in [7, 11) is 0. The van der Waals surface area contributed by atoms with Gasteiger partial charge in [-0.05, 0) is 19.8 Å². The molecular weight excluding hydrogens is 234 g/mol. The Kier molecular flexibility index (Phi) is 2.39. The van der Waals surface area contributed by atoms with Gasteiger partial charge in [0.05, 0.1) is 12.2 Å². The van der Waals surface area contributed by atoms with Crippen LogP contribution in [0.5, 0.6) is 0 Å². The average molecular weight is 247 g/mol. The van der Waals surface area contributed by atoms with E-state index in [9.17, 15) is 4.79 Å². The number of anilines is 1. The predicted octanol–water partition coefficient (Wildman–Crippen LogP) is 0.380.